The lowest BCUT2D eigenvalue weighted by Crippen LogP contribution is -2.27. The zero-order valence-electron chi connectivity index (χ0n) is 13.4. The van der Waals surface area contributed by atoms with Crippen molar-refractivity contribution in [1.29, 1.82) is 0 Å². The monoisotopic (exact) mass is 319 g/mol. The van der Waals surface area contributed by atoms with Crippen molar-refractivity contribution in [2.75, 3.05) is 13.7 Å². The molecule has 0 aliphatic heterocycles. The fourth-order valence-corrected chi connectivity index (χ4v) is 2.42. The van der Waals surface area contributed by atoms with Crippen LogP contribution in [-0.2, 0) is 27.4 Å². The summed E-state index contributed by atoms with van der Waals surface area (Å²) in [7, 11) is 1.47. The van der Waals surface area contributed by atoms with Gasteiger partial charge in [0.25, 0.3) is 5.91 Å². The van der Waals surface area contributed by atoms with E-state index in [1.807, 2.05) is 31.2 Å². The van der Waals surface area contributed by atoms with Crippen molar-refractivity contribution in [3.63, 3.8) is 0 Å². The standard InChI is InChI=1S/C16H21N3O4/c1-3-9-18-12-6-4-5-7-13(12)19(16(18)22)10-8-15(21)23-11-14(20)17-2/h4-7H,3,8-11H2,1-2H3,(H,17,20). The Morgan fingerprint density at radius 1 is 1.13 bits per heavy atom. The number of benzene rings is 1. The Kier molecular flexibility index (Phi) is 5.56. The molecule has 0 spiro atoms. The number of rotatable bonds is 7. The molecular weight excluding hydrogens is 298 g/mol. The van der Waals surface area contributed by atoms with Gasteiger partial charge in [-0.2, -0.15) is 0 Å². The first-order valence-corrected chi connectivity index (χ1v) is 7.62. The van der Waals surface area contributed by atoms with Gasteiger partial charge in [-0.15, -0.1) is 0 Å². The van der Waals surface area contributed by atoms with E-state index in [0.717, 1.165) is 17.5 Å². The topological polar surface area (TPSA) is 82.3 Å². The van der Waals surface area contributed by atoms with Crippen molar-refractivity contribution in [2.45, 2.75) is 32.9 Å². The van der Waals surface area contributed by atoms with Gasteiger partial charge in [-0.3, -0.25) is 18.7 Å². The highest BCUT2D eigenvalue weighted by Gasteiger charge is 2.14. The fourth-order valence-electron chi connectivity index (χ4n) is 2.42. The van der Waals surface area contributed by atoms with Gasteiger partial charge in [-0.25, -0.2) is 4.79 Å². The average molecular weight is 319 g/mol. The summed E-state index contributed by atoms with van der Waals surface area (Å²) in [5.74, 6) is -0.872. The van der Waals surface area contributed by atoms with Gasteiger partial charge in [0.2, 0.25) is 0 Å². The molecule has 0 atom stereocenters. The third-order valence-corrected chi connectivity index (χ3v) is 3.55. The van der Waals surface area contributed by atoms with Gasteiger partial charge >= 0.3 is 11.7 Å². The molecule has 0 saturated heterocycles. The van der Waals surface area contributed by atoms with Gasteiger partial charge < -0.3 is 10.1 Å². The first kappa shape index (κ1) is 16.8. The molecule has 0 aliphatic rings. The summed E-state index contributed by atoms with van der Waals surface area (Å²) in [6, 6.07) is 7.50. The molecule has 0 unspecified atom stereocenters. The molecule has 1 heterocycles. The Morgan fingerprint density at radius 3 is 2.30 bits per heavy atom. The van der Waals surface area contributed by atoms with E-state index in [2.05, 4.69) is 5.32 Å². The molecular formula is C16H21N3O4. The lowest BCUT2D eigenvalue weighted by molar-refractivity contribution is -0.148. The Morgan fingerprint density at radius 2 is 1.74 bits per heavy atom. The molecule has 7 heteroatoms. The predicted octanol–water partition coefficient (Wildman–Crippen LogP) is 0.892. The number of carbonyl (C=O) groups is 2. The van der Waals surface area contributed by atoms with Gasteiger partial charge in [0, 0.05) is 20.1 Å². The number of fused-ring (bicyclic) bond motifs is 1. The number of aromatic nitrogens is 2. The largest absolute Gasteiger partial charge is 0.456 e. The molecule has 0 bridgehead atoms. The highest BCUT2D eigenvalue weighted by Crippen LogP contribution is 2.13. The summed E-state index contributed by atoms with van der Waals surface area (Å²) in [6.07, 6.45) is 0.888. The van der Waals surface area contributed by atoms with E-state index in [0.29, 0.717) is 6.54 Å². The van der Waals surface area contributed by atoms with E-state index < -0.39 is 5.97 Å². The molecule has 0 aliphatic carbocycles. The number of imidazole rings is 1. The van der Waals surface area contributed by atoms with Crippen LogP contribution in [0.5, 0.6) is 0 Å². The fraction of sp³-hybridized carbons (Fsp3) is 0.438. The second kappa shape index (κ2) is 7.62. The van der Waals surface area contributed by atoms with Gasteiger partial charge in [-0.05, 0) is 18.6 Å². The van der Waals surface area contributed by atoms with E-state index in [-0.39, 0.29) is 31.2 Å². The predicted molar refractivity (Wildman–Crippen MR) is 86.1 cm³/mol. The molecule has 7 nitrogen and oxygen atoms in total. The molecule has 124 valence electrons. The number of carbonyl (C=O) groups excluding carboxylic acids is 2. The number of para-hydroxylation sites is 2. The quantitative estimate of drug-likeness (QED) is 0.769. The maximum atomic E-state index is 12.5. The second-order valence-electron chi connectivity index (χ2n) is 5.16. The minimum atomic E-state index is -0.507. The average Bonchev–Trinajstić information content (AvgIpc) is 2.83. The van der Waals surface area contributed by atoms with Crippen LogP contribution < -0.4 is 11.0 Å². The smallest absolute Gasteiger partial charge is 0.329 e. The van der Waals surface area contributed by atoms with Crippen molar-refractivity contribution in [2.24, 2.45) is 0 Å². The van der Waals surface area contributed by atoms with Gasteiger partial charge in [0.05, 0.1) is 17.5 Å². The number of nitrogens with one attached hydrogen (secondary N) is 1. The molecule has 2 aromatic rings. The number of nitrogens with zero attached hydrogens (tertiary/aromatic N) is 2. The first-order valence-electron chi connectivity index (χ1n) is 7.62. The van der Waals surface area contributed by atoms with Crippen LogP contribution in [0.1, 0.15) is 19.8 Å². The lowest BCUT2D eigenvalue weighted by atomic mass is 10.3. The minimum absolute atomic E-state index is 0.0387. The minimum Gasteiger partial charge on any atom is -0.456 e. The number of ether oxygens (including phenoxy) is 1. The number of aryl methyl sites for hydroxylation is 2. The van der Waals surface area contributed by atoms with E-state index in [4.69, 9.17) is 4.74 Å². The molecule has 0 fully saturated rings. The lowest BCUT2D eigenvalue weighted by Gasteiger charge is -2.05. The summed E-state index contributed by atoms with van der Waals surface area (Å²) in [6.45, 7) is 2.56. The van der Waals surface area contributed by atoms with Crippen LogP contribution in [0.25, 0.3) is 11.0 Å². The van der Waals surface area contributed by atoms with Gasteiger partial charge in [0.1, 0.15) is 0 Å². The molecule has 1 amide bonds. The van der Waals surface area contributed by atoms with E-state index >= 15 is 0 Å². The second-order valence-corrected chi connectivity index (χ2v) is 5.16. The SMILES string of the molecule is CCCn1c(=O)n(CCC(=O)OCC(=O)NC)c2ccccc21. The van der Waals surface area contributed by atoms with Crippen LogP contribution in [0.3, 0.4) is 0 Å². The Balaban J connectivity index is 2.14. The van der Waals surface area contributed by atoms with E-state index in [1.165, 1.54) is 7.05 Å². The van der Waals surface area contributed by atoms with Crippen LogP contribution in [-0.4, -0.2) is 34.7 Å². The summed E-state index contributed by atoms with van der Waals surface area (Å²) in [4.78, 5) is 35.3. The van der Waals surface area contributed by atoms with Crippen LogP contribution in [0.2, 0.25) is 0 Å². The number of amides is 1. The Bertz CT molecular complexity index is 760. The molecule has 0 saturated carbocycles. The van der Waals surface area contributed by atoms with Crippen molar-refractivity contribution in [3.8, 4) is 0 Å². The Labute approximate surface area is 133 Å². The summed E-state index contributed by atoms with van der Waals surface area (Å²) in [5.41, 5.74) is 1.52. The molecule has 23 heavy (non-hydrogen) atoms. The van der Waals surface area contributed by atoms with Crippen LogP contribution in [0.4, 0.5) is 0 Å². The summed E-state index contributed by atoms with van der Waals surface area (Å²) in [5, 5.41) is 2.37. The van der Waals surface area contributed by atoms with Gasteiger partial charge in [0.15, 0.2) is 6.61 Å². The third-order valence-electron chi connectivity index (χ3n) is 3.55. The zero-order chi connectivity index (χ0) is 16.8. The number of likely N-dealkylation sites (N-methyl/N-ethyl adjacent to an activating group) is 1. The molecule has 0 radical (unpaired) electrons. The summed E-state index contributed by atoms with van der Waals surface area (Å²) >= 11 is 0. The highest BCUT2D eigenvalue weighted by atomic mass is 16.5. The third kappa shape index (κ3) is 3.80. The van der Waals surface area contributed by atoms with Crippen molar-refractivity contribution in [1.82, 2.24) is 14.5 Å². The maximum absolute atomic E-state index is 12.5. The molecule has 1 N–H and O–H groups in total. The number of hydrogen-bond acceptors (Lipinski definition) is 4. The molecule has 2 rings (SSSR count). The Hall–Kier alpha value is -2.57. The van der Waals surface area contributed by atoms with E-state index in [9.17, 15) is 14.4 Å². The molecule has 1 aromatic carbocycles. The number of hydrogen-bond donors (Lipinski definition) is 1. The van der Waals surface area contributed by atoms with Crippen LogP contribution >= 0.6 is 0 Å². The normalized spacial score (nSPS) is 10.7. The maximum Gasteiger partial charge on any atom is 0.329 e. The zero-order valence-corrected chi connectivity index (χ0v) is 13.4. The summed E-state index contributed by atoms with van der Waals surface area (Å²) < 4.78 is 8.14. The van der Waals surface area contributed by atoms with Crippen molar-refractivity contribution >= 4 is 22.9 Å². The van der Waals surface area contributed by atoms with E-state index in [1.54, 1.807) is 9.13 Å². The van der Waals surface area contributed by atoms with Crippen molar-refractivity contribution < 1.29 is 14.3 Å². The highest BCUT2D eigenvalue weighted by molar-refractivity contribution is 5.80. The first-order chi connectivity index (χ1) is 11.1. The van der Waals surface area contributed by atoms with Crippen LogP contribution in [0.15, 0.2) is 29.1 Å². The van der Waals surface area contributed by atoms with Crippen molar-refractivity contribution in [3.05, 3.63) is 34.7 Å². The number of esters is 1. The molecule has 1 aromatic heterocycles. The van der Waals surface area contributed by atoms with Gasteiger partial charge in [-0.1, -0.05) is 19.1 Å². The van der Waals surface area contributed by atoms with Crippen LogP contribution in [0, 0.1) is 0 Å².